The Morgan fingerprint density at radius 3 is 2.33 bits per heavy atom. The molecule has 0 aliphatic carbocycles. The molecule has 0 bridgehead atoms. The summed E-state index contributed by atoms with van der Waals surface area (Å²) in [5.41, 5.74) is -0.240. The zero-order valence-corrected chi connectivity index (χ0v) is 15.4. The first kappa shape index (κ1) is 18.7. The predicted molar refractivity (Wildman–Crippen MR) is 94.3 cm³/mol. The van der Waals surface area contributed by atoms with Crippen molar-refractivity contribution in [1.82, 2.24) is 9.88 Å². The largest absolute Gasteiger partial charge is 0.496 e. The SMILES string of the molecule is CC(C)NC(=O)CCn1cc(B2OC(C)(C)C(C)(C)O2)ccc1=O. The Bertz CT molecular complexity index is 651. The highest BCUT2D eigenvalue weighted by molar-refractivity contribution is 6.62. The van der Waals surface area contributed by atoms with Crippen LogP contribution in [-0.4, -0.2) is 34.8 Å². The van der Waals surface area contributed by atoms with Gasteiger partial charge in [0, 0.05) is 31.3 Å². The Hall–Kier alpha value is -1.60. The molecule has 1 fully saturated rings. The second-order valence-corrected chi connectivity index (χ2v) is 7.55. The highest BCUT2D eigenvalue weighted by Gasteiger charge is 2.51. The number of aryl methyl sites for hydroxylation is 1. The van der Waals surface area contributed by atoms with Crippen LogP contribution in [0.4, 0.5) is 0 Å². The molecular weight excluding hydrogens is 307 g/mol. The number of amides is 1. The quantitative estimate of drug-likeness (QED) is 0.818. The van der Waals surface area contributed by atoms with Gasteiger partial charge in [-0.05, 0) is 47.0 Å². The van der Waals surface area contributed by atoms with Gasteiger partial charge >= 0.3 is 7.12 Å². The van der Waals surface area contributed by atoms with E-state index in [9.17, 15) is 9.59 Å². The van der Waals surface area contributed by atoms with Gasteiger partial charge < -0.3 is 19.2 Å². The summed E-state index contributed by atoms with van der Waals surface area (Å²) in [7, 11) is -0.522. The normalized spacial score (nSPS) is 18.9. The topological polar surface area (TPSA) is 69.6 Å². The molecule has 2 heterocycles. The number of carbonyl (C=O) groups excluding carboxylic acids is 1. The molecular formula is C17H27BN2O4. The number of nitrogens with zero attached hydrogens (tertiary/aromatic N) is 1. The van der Waals surface area contributed by atoms with Crippen molar-refractivity contribution in [2.75, 3.05) is 0 Å². The lowest BCUT2D eigenvalue weighted by Crippen LogP contribution is -2.41. The van der Waals surface area contributed by atoms with E-state index in [4.69, 9.17) is 9.31 Å². The molecule has 24 heavy (non-hydrogen) atoms. The fourth-order valence-electron chi connectivity index (χ4n) is 2.46. The summed E-state index contributed by atoms with van der Waals surface area (Å²) < 4.78 is 13.5. The Morgan fingerprint density at radius 2 is 1.79 bits per heavy atom. The smallest absolute Gasteiger partial charge is 0.399 e. The maximum Gasteiger partial charge on any atom is 0.496 e. The van der Waals surface area contributed by atoms with Crippen LogP contribution in [0.5, 0.6) is 0 Å². The maximum atomic E-state index is 12.0. The third kappa shape index (κ3) is 4.08. The first-order valence-electron chi connectivity index (χ1n) is 8.37. The summed E-state index contributed by atoms with van der Waals surface area (Å²) in [5, 5.41) is 2.82. The van der Waals surface area contributed by atoms with Crippen molar-refractivity contribution in [2.24, 2.45) is 0 Å². The maximum absolute atomic E-state index is 12.0. The van der Waals surface area contributed by atoms with Crippen LogP contribution in [0.2, 0.25) is 0 Å². The van der Waals surface area contributed by atoms with Crippen LogP contribution in [0.25, 0.3) is 0 Å². The molecule has 0 unspecified atom stereocenters. The van der Waals surface area contributed by atoms with E-state index in [1.54, 1.807) is 12.3 Å². The Kier molecular flexibility index (Phi) is 5.25. The summed E-state index contributed by atoms with van der Waals surface area (Å²) in [4.78, 5) is 23.8. The number of hydrogen-bond acceptors (Lipinski definition) is 4. The first-order chi connectivity index (χ1) is 11.0. The van der Waals surface area contributed by atoms with Crippen molar-refractivity contribution < 1.29 is 14.1 Å². The average molecular weight is 334 g/mol. The molecule has 132 valence electrons. The van der Waals surface area contributed by atoms with Crippen LogP contribution in [0.15, 0.2) is 23.1 Å². The number of nitrogens with one attached hydrogen (secondary N) is 1. The van der Waals surface area contributed by atoms with Crippen LogP contribution in [0.3, 0.4) is 0 Å². The molecule has 0 aromatic carbocycles. The van der Waals surface area contributed by atoms with E-state index in [0.717, 1.165) is 5.46 Å². The van der Waals surface area contributed by atoms with E-state index < -0.39 is 18.3 Å². The van der Waals surface area contributed by atoms with Crippen molar-refractivity contribution in [1.29, 1.82) is 0 Å². The van der Waals surface area contributed by atoms with Gasteiger partial charge in [0.05, 0.1) is 11.2 Å². The van der Waals surface area contributed by atoms with Crippen molar-refractivity contribution in [3.8, 4) is 0 Å². The first-order valence-corrected chi connectivity index (χ1v) is 8.37. The summed E-state index contributed by atoms with van der Waals surface area (Å²) in [6.07, 6.45) is 1.97. The van der Waals surface area contributed by atoms with Crippen LogP contribution in [0.1, 0.15) is 48.0 Å². The van der Waals surface area contributed by atoms with Crippen molar-refractivity contribution in [3.05, 3.63) is 28.7 Å². The molecule has 1 aliphatic rings. The van der Waals surface area contributed by atoms with Gasteiger partial charge in [-0.15, -0.1) is 0 Å². The lowest BCUT2D eigenvalue weighted by Gasteiger charge is -2.32. The number of rotatable bonds is 5. The summed E-state index contributed by atoms with van der Waals surface area (Å²) in [5.74, 6) is -0.0714. The van der Waals surface area contributed by atoms with Crippen molar-refractivity contribution in [2.45, 2.75) is 71.8 Å². The van der Waals surface area contributed by atoms with E-state index >= 15 is 0 Å². The average Bonchev–Trinajstić information content (AvgIpc) is 2.65. The van der Waals surface area contributed by atoms with Gasteiger partial charge in [0.15, 0.2) is 0 Å². The number of carbonyl (C=O) groups is 1. The minimum absolute atomic E-state index is 0.0714. The molecule has 1 aliphatic heterocycles. The lowest BCUT2D eigenvalue weighted by atomic mass is 9.80. The molecule has 2 rings (SSSR count). The molecule has 0 saturated carbocycles. The van der Waals surface area contributed by atoms with Gasteiger partial charge in [-0.1, -0.05) is 6.07 Å². The van der Waals surface area contributed by atoms with Crippen LogP contribution >= 0.6 is 0 Å². The molecule has 1 N–H and O–H groups in total. The lowest BCUT2D eigenvalue weighted by molar-refractivity contribution is -0.121. The van der Waals surface area contributed by atoms with E-state index in [-0.39, 0.29) is 23.9 Å². The monoisotopic (exact) mass is 334 g/mol. The zero-order chi connectivity index (χ0) is 18.1. The van der Waals surface area contributed by atoms with Crippen molar-refractivity contribution >= 4 is 18.5 Å². The van der Waals surface area contributed by atoms with Gasteiger partial charge in [0.25, 0.3) is 0 Å². The molecule has 0 radical (unpaired) electrons. The third-order valence-electron chi connectivity index (χ3n) is 4.56. The van der Waals surface area contributed by atoms with Gasteiger partial charge in [0.1, 0.15) is 0 Å². The summed E-state index contributed by atoms with van der Waals surface area (Å²) in [6.45, 7) is 12.1. The number of aromatic nitrogens is 1. The molecule has 6 nitrogen and oxygen atoms in total. The molecule has 1 amide bonds. The van der Waals surface area contributed by atoms with Crippen LogP contribution < -0.4 is 16.3 Å². The van der Waals surface area contributed by atoms with Gasteiger partial charge in [-0.3, -0.25) is 9.59 Å². The van der Waals surface area contributed by atoms with Crippen molar-refractivity contribution in [3.63, 3.8) is 0 Å². The third-order valence-corrected chi connectivity index (χ3v) is 4.56. The molecule has 0 spiro atoms. The number of hydrogen-bond donors (Lipinski definition) is 1. The molecule has 7 heteroatoms. The fraction of sp³-hybridized carbons (Fsp3) is 0.647. The molecule has 1 aromatic heterocycles. The van der Waals surface area contributed by atoms with Crippen LogP contribution in [0, 0.1) is 0 Å². The summed E-state index contributed by atoms with van der Waals surface area (Å²) in [6, 6.07) is 3.29. The van der Waals surface area contributed by atoms with E-state index in [1.807, 2.05) is 41.5 Å². The minimum atomic E-state index is -0.522. The fourth-order valence-corrected chi connectivity index (χ4v) is 2.46. The minimum Gasteiger partial charge on any atom is -0.399 e. The van der Waals surface area contributed by atoms with Gasteiger partial charge in [-0.2, -0.15) is 0 Å². The summed E-state index contributed by atoms with van der Waals surface area (Å²) >= 11 is 0. The van der Waals surface area contributed by atoms with Gasteiger partial charge in [0.2, 0.25) is 11.5 Å². The van der Waals surface area contributed by atoms with Crippen LogP contribution in [-0.2, 0) is 20.6 Å². The highest BCUT2D eigenvalue weighted by Crippen LogP contribution is 2.36. The van der Waals surface area contributed by atoms with E-state index in [1.165, 1.54) is 10.6 Å². The second kappa shape index (κ2) is 6.72. The Morgan fingerprint density at radius 1 is 1.21 bits per heavy atom. The molecule has 0 atom stereocenters. The Labute approximate surface area is 143 Å². The molecule has 1 saturated heterocycles. The standard InChI is InChI=1S/C17H27BN2O4/c1-12(2)19-14(21)9-10-20-11-13(7-8-15(20)22)18-23-16(3,4)17(5,6)24-18/h7-8,11-12H,9-10H2,1-6H3,(H,19,21). The van der Waals surface area contributed by atoms with E-state index in [0.29, 0.717) is 6.54 Å². The zero-order valence-electron chi connectivity index (χ0n) is 15.4. The highest BCUT2D eigenvalue weighted by atomic mass is 16.7. The number of pyridine rings is 1. The van der Waals surface area contributed by atoms with Gasteiger partial charge in [-0.25, -0.2) is 0 Å². The molecule has 1 aromatic rings. The second-order valence-electron chi connectivity index (χ2n) is 7.55. The predicted octanol–water partition coefficient (Wildman–Crippen LogP) is 1.06. The Balaban J connectivity index is 2.12. The van der Waals surface area contributed by atoms with E-state index in [2.05, 4.69) is 5.32 Å².